The lowest BCUT2D eigenvalue weighted by atomic mass is 10.1. The van der Waals surface area contributed by atoms with Crippen molar-refractivity contribution in [2.75, 3.05) is 22.9 Å². The number of rotatable bonds is 5. The van der Waals surface area contributed by atoms with Gasteiger partial charge in [-0.05, 0) is 37.3 Å². The van der Waals surface area contributed by atoms with Crippen LogP contribution in [0.25, 0.3) is 16.9 Å². The predicted octanol–water partition coefficient (Wildman–Crippen LogP) is 4.15. The Hall–Kier alpha value is -4.06. The molecule has 2 aromatic heterocycles. The van der Waals surface area contributed by atoms with Crippen LogP contribution in [-0.4, -0.2) is 37.5 Å². The first kappa shape index (κ1) is 23.1. The lowest BCUT2D eigenvalue weighted by Gasteiger charge is -2.20. The van der Waals surface area contributed by atoms with Gasteiger partial charge in [-0.1, -0.05) is 11.6 Å². The molecule has 0 unspecified atom stereocenters. The zero-order valence-electron chi connectivity index (χ0n) is 17.6. The van der Waals surface area contributed by atoms with Crippen molar-refractivity contribution in [2.24, 2.45) is 0 Å². The summed E-state index contributed by atoms with van der Waals surface area (Å²) in [7, 11) is 0. The number of anilines is 3. The van der Waals surface area contributed by atoms with Gasteiger partial charge < -0.3 is 16.6 Å². The number of carboxylic acid groups (broad SMARTS) is 1. The highest BCUT2D eigenvalue weighted by Crippen LogP contribution is 2.31. The molecule has 0 aliphatic heterocycles. The highest BCUT2D eigenvalue weighted by atomic mass is 35.5. The van der Waals surface area contributed by atoms with E-state index in [-0.39, 0.29) is 35.5 Å². The standard InChI is InChI=1S/C21H17ClF3N7O2/c1-2-31(21(33)34)17-18(26)28-20(29-19(17)27)32-15-6-3-9(22)7-11(15)14(30-32)8-10-12(23)4-5-13(24)16(10)25/h3-7H,2,8H2,1H3,(H,33,34)(H4,26,27,28,29). The molecule has 0 bridgehead atoms. The fourth-order valence-corrected chi connectivity index (χ4v) is 3.74. The first-order valence-corrected chi connectivity index (χ1v) is 10.2. The summed E-state index contributed by atoms with van der Waals surface area (Å²) >= 11 is 6.11. The van der Waals surface area contributed by atoms with E-state index < -0.39 is 35.5 Å². The number of nitrogen functional groups attached to an aromatic ring is 2. The summed E-state index contributed by atoms with van der Waals surface area (Å²) in [5, 5.41) is 14.5. The van der Waals surface area contributed by atoms with Crippen molar-refractivity contribution < 1.29 is 23.1 Å². The highest BCUT2D eigenvalue weighted by molar-refractivity contribution is 6.31. The van der Waals surface area contributed by atoms with E-state index in [0.29, 0.717) is 22.0 Å². The van der Waals surface area contributed by atoms with E-state index in [4.69, 9.17) is 23.1 Å². The first-order valence-electron chi connectivity index (χ1n) is 9.85. The number of fused-ring (bicyclic) bond motifs is 1. The molecule has 4 aromatic rings. The lowest BCUT2D eigenvalue weighted by Crippen LogP contribution is -2.31. The van der Waals surface area contributed by atoms with Gasteiger partial charge in [0.05, 0.1) is 11.2 Å². The summed E-state index contributed by atoms with van der Waals surface area (Å²) in [6, 6.07) is 6.17. The maximum atomic E-state index is 14.3. The fraction of sp³-hybridized carbons (Fsp3) is 0.143. The van der Waals surface area contributed by atoms with Crippen LogP contribution in [0.4, 0.5) is 35.3 Å². The van der Waals surface area contributed by atoms with Gasteiger partial charge in [0, 0.05) is 28.9 Å². The third-order valence-electron chi connectivity index (χ3n) is 5.13. The van der Waals surface area contributed by atoms with E-state index in [1.807, 2.05) is 0 Å². The van der Waals surface area contributed by atoms with Crippen molar-refractivity contribution in [3.8, 4) is 5.95 Å². The Balaban J connectivity index is 1.89. The van der Waals surface area contributed by atoms with Gasteiger partial charge in [0.1, 0.15) is 11.5 Å². The fourth-order valence-electron chi connectivity index (χ4n) is 3.57. The summed E-state index contributed by atoms with van der Waals surface area (Å²) in [6.45, 7) is 1.63. The van der Waals surface area contributed by atoms with Gasteiger partial charge in [0.15, 0.2) is 23.3 Å². The van der Waals surface area contributed by atoms with Crippen LogP contribution in [0.2, 0.25) is 5.02 Å². The van der Waals surface area contributed by atoms with Crippen LogP contribution in [0, 0.1) is 17.5 Å². The molecule has 0 radical (unpaired) electrons. The number of carbonyl (C=O) groups is 1. The van der Waals surface area contributed by atoms with Gasteiger partial charge in [0.25, 0.3) is 5.95 Å². The van der Waals surface area contributed by atoms with Gasteiger partial charge in [-0.3, -0.25) is 4.90 Å². The number of hydrogen-bond donors (Lipinski definition) is 3. The Bertz CT molecular complexity index is 1420. The summed E-state index contributed by atoms with van der Waals surface area (Å²) < 4.78 is 43.5. The second-order valence-corrected chi connectivity index (χ2v) is 7.62. The zero-order valence-corrected chi connectivity index (χ0v) is 18.3. The maximum Gasteiger partial charge on any atom is 0.412 e. The monoisotopic (exact) mass is 491 g/mol. The van der Waals surface area contributed by atoms with Crippen molar-refractivity contribution in [3.05, 3.63) is 64.1 Å². The molecule has 4 rings (SSSR count). The molecule has 0 aliphatic rings. The molecule has 0 saturated heterocycles. The van der Waals surface area contributed by atoms with Gasteiger partial charge in [-0.25, -0.2) is 18.0 Å². The minimum atomic E-state index is -1.33. The van der Waals surface area contributed by atoms with Gasteiger partial charge in [-0.15, -0.1) is 0 Å². The number of nitrogens with zero attached hydrogens (tertiary/aromatic N) is 5. The van der Waals surface area contributed by atoms with Crippen LogP contribution in [0.1, 0.15) is 18.2 Å². The average Bonchev–Trinajstić information content (AvgIpc) is 3.13. The molecule has 176 valence electrons. The van der Waals surface area contributed by atoms with E-state index in [9.17, 15) is 23.1 Å². The molecule has 2 aromatic carbocycles. The Morgan fingerprint density at radius 3 is 2.38 bits per heavy atom. The normalized spacial score (nSPS) is 11.2. The van der Waals surface area contributed by atoms with Crippen LogP contribution in [0.15, 0.2) is 30.3 Å². The van der Waals surface area contributed by atoms with Crippen molar-refractivity contribution in [1.82, 2.24) is 19.7 Å². The van der Waals surface area contributed by atoms with Crippen molar-refractivity contribution >= 4 is 45.9 Å². The summed E-state index contributed by atoms with van der Waals surface area (Å²) in [6.07, 6.45) is -1.69. The van der Waals surface area contributed by atoms with Crippen molar-refractivity contribution in [3.63, 3.8) is 0 Å². The average molecular weight is 492 g/mol. The molecule has 9 nitrogen and oxygen atoms in total. The Kier molecular flexibility index (Phi) is 5.92. The Morgan fingerprint density at radius 2 is 1.76 bits per heavy atom. The molecule has 2 heterocycles. The van der Waals surface area contributed by atoms with Gasteiger partial charge >= 0.3 is 6.09 Å². The molecule has 0 atom stereocenters. The molecule has 34 heavy (non-hydrogen) atoms. The molecule has 5 N–H and O–H groups in total. The molecule has 0 spiro atoms. The maximum absolute atomic E-state index is 14.3. The van der Waals surface area contributed by atoms with Crippen LogP contribution in [0.5, 0.6) is 0 Å². The third-order valence-corrected chi connectivity index (χ3v) is 5.37. The summed E-state index contributed by atoms with van der Waals surface area (Å²) in [5.41, 5.74) is 11.9. The third kappa shape index (κ3) is 3.92. The van der Waals surface area contributed by atoms with Gasteiger partial charge in [-0.2, -0.15) is 19.7 Å². The first-order chi connectivity index (χ1) is 16.1. The lowest BCUT2D eigenvalue weighted by molar-refractivity contribution is 0.202. The van der Waals surface area contributed by atoms with Gasteiger partial charge in [0.2, 0.25) is 0 Å². The number of amides is 1. The predicted molar refractivity (Wildman–Crippen MR) is 121 cm³/mol. The minimum absolute atomic E-state index is 0.0462. The summed E-state index contributed by atoms with van der Waals surface area (Å²) in [4.78, 5) is 20.7. The zero-order chi connectivity index (χ0) is 24.7. The molecular formula is C21H17ClF3N7O2. The number of hydrogen-bond acceptors (Lipinski definition) is 6. The second-order valence-electron chi connectivity index (χ2n) is 7.19. The SMILES string of the molecule is CCN(C(=O)O)c1c(N)nc(-n2nc(Cc3c(F)ccc(F)c3F)c3cc(Cl)ccc32)nc1N. The van der Waals surface area contributed by atoms with E-state index in [1.165, 1.54) is 10.7 Å². The Morgan fingerprint density at radius 1 is 1.12 bits per heavy atom. The van der Waals surface area contributed by atoms with Crippen LogP contribution < -0.4 is 16.4 Å². The Labute approximate surface area is 195 Å². The van der Waals surface area contributed by atoms with Crippen LogP contribution >= 0.6 is 11.6 Å². The number of aromatic nitrogens is 4. The topological polar surface area (TPSA) is 136 Å². The van der Waals surface area contributed by atoms with Crippen molar-refractivity contribution in [2.45, 2.75) is 13.3 Å². The molecule has 0 aliphatic carbocycles. The minimum Gasteiger partial charge on any atom is -0.465 e. The number of halogens is 4. The molecular weight excluding hydrogens is 475 g/mol. The van der Waals surface area contributed by atoms with Crippen LogP contribution in [0.3, 0.4) is 0 Å². The molecule has 0 saturated carbocycles. The van der Waals surface area contributed by atoms with E-state index in [1.54, 1.807) is 19.1 Å². The van der Waals surface area contributed by atoms with E-state index in [2.05, 4.69) is 15.1 Å². The molecule has 1 amide bonds. The quantitative estimate of drug-likeness (QED) is 0.357. The second kappa shape index (κ2) is 8.71. The van der Waals surface area contributed by atoms with E-state index in [0.717, 1.165) is 11.0 Å². The molecule has 0 fully saturated rings. The molecule has 13 heteroatoms. The highest BCUT2D eigenvalue weighted by Gasteiger charge is 2.24. The summed E-state index contributed by atoms with van der Waals surface area (Å²) in [5.74, 6) is -4.00. The van der Waals surface area contributed by atoms with Crippen LogP contribution in [-0.2, 0) is 6.42 Å². The number of nitrogens with two attached hydrogens (primary N) is 2. The van der Waals surface area contributed by atoms with E-state index >= 15 is 0 Å². The number of benzene rings is 2. The largest absolute Gasteiger partial charge is 0.465 e. The van der Waals surface area contributed by atoms with Crippen molar-refractivity contribution in [1.29, 1.82) is 0 Å². The smallest absolute Gasteiger partial charge is 0.412 e.